The van der Waals surface area contributed by atoms with Crippen molar-refractivity contribution >= 4 is 0 Å². The first-order valence-corrected chi connectivity index (χ1v) is 5.27. The number of nitrogens with zero attached hydrogens (tertiary/aromatic N) is 1. The molecule has 2 unspecified atom stereocenters. The maximum absolute atomic E-state index is 9.20. The van der Waals surface area contributed by atoms with Crippen molar-refractivity contribution in [3.8, 4) is 0 Å². The average Bonchev–Trinajstić information content (AvgIpc) is 2.05. The Labute approximate surface area is 81.9 Å². The van der Waals surface area contributed by atoms with Gasteiger partial charge in [-0.3, -0.25) is 4.90 Å². The second kappa shape index (κ2) is 7.30. The van der Waals surface area contributed by atoms with Crippen LogP contribution in [0.4, 0.5) is 0 Å². The summed E-state index contributed by atoms with van der Waals surface area (Å²) in [5.41, 5.74) is 5.81. The van der Waals surface area contributed by atoms with Gasteiger partial charge in [0.2, 0.25) is 0 Å². The van der Waals surface area contributed by atoms with Crippen molar-refractivity contribution in [3.63, 3.8) is 0 Å². The van der Waals surface area contributed by atoms with Gasteiger partial charge in [-0.25, -0.2) is 0 Å². The summed E-state index contributed by atoms with van der Waals surface area (Å²) in [6.45, 7) is 8.48. The lowest BCUT2D eigenvalue weighted by atomic mass is 10.1. The average molecular weight is 188 g/mol. The van der Waals surface area contributed by atoms with Gasteiger partial charge in [0, 0.05) is 12.1 Å². The summed E-state index contributed by atoms with van der Waals surface area (Å²) in [4.78, 5) is 2.28. The molecule has 0 bridgehead atoms. The van der Waals surface area contributed by atoms with Crippen molar-refractivity contribution < 1.29 is 5.11 Å². The summed E-state index contributed by atoms with van der Waals surface area (Å²) in [6, 6.07) is 0.169. The molecule has 0 saturated carbocycles. The molecule has 0 aliphatic rings. The van der Waals surface area contributed by atoms with Crippen molar-refractivity contribution in [2.45, 2.75) is 45.7 Å². The smallest absolute Gasteiger partial charge is 0.0601 e. The largest absolute Gasteiger partial charge is 0.395 e. The van der Waals surface area contributed by atoms with Crippen LogP contribution in [0.3, 0.4) is 0 Å². The monoisotopic (exact) mass is 188 g/mol. The highest BCUT2D eigenvalue weighted by molar-refractivity contribution is 4.78. The zero-order valence-electron chi connectivity index (χ0n) is 9.16. The molecule has 3 nitrogen and oxygen atoms in total. The minimum Gasteiger partial charge on any atom is -0.395 e. The third-order valence-corrected chi connectivity index (χ3v) is 2.28. The molecule has 0 amide bonds. The summed E-state index contributed by atoms with van der Waals surface area (Å²) >= 11 is 0. The fraction of sp³-hybridized carbons (Fsp3) is 1.00. The van der Waals surface area contributed by atoms with Crippen LogP contribution in [0.5, 0.6) is 0 Å². The van der Waals surface area contributed by atoms with Gasteiger partial charge in [0.15, 0.2) is 0 Å². The maximum atomic E-state index is 9.20. The van der Waals surface area contributed by atoms with Gasteiger partial charge in [-0.1, -0.05) is 13.8 Å². The van der Waals surface area contributed by atoms with Crippen LogP contribution >= 0.6 is 0 Å². The number of aliphatic hydroxyl groups is 1. The van der Waals surface area contributed by atoms with Crippen LogP contribution in [0.1, 0.15) is 33.6 Å². The van der Waals surface area contributed by atoms with E-state index in [1.54, 1.807) is 0 Å². The predicted molar refractivity (Wildman–Crippen MR) is 56.7 cm³/mol. The molecule has 80 valence electrons. The summed E-state index contributed by atoms with van der Waals surface area (Å²) in [7, 11) is 0. The van der Waals surface area contributed by atoms with Gasteiger partial charge in [-0.05, 0) is 32.9 Å². The topological polar surface area (TPSA) is 49.5 Å². The van der Waals surface area contributed by atoms with Gasteiger partial charge in [0.05, 0.1) is 6.61 Å². The molecular weight excluding hydrogens is 164 g/mol. The van der Waals surface area contributed by atoms with Crippen LogP contribution in [0, 0.1) is 0 Å². The first-order valence-electron chi connectivity index (χ1n) is 5.27. The van der Waals surface area contributed by atoms with Crippen molar-refractivity contribution in [1.82, 2.24) is 4.90 Å². The van der Waals surface area contributed by atoms with E-state index >= 15 is 0 Å². The molecule has 0 spiro atoms. The molecule has 0 heterocycles. The Bertz CT molecular complexity index is 111. The number of nitrogens with two attached hydrogens (primary N) is 1. The maximum Gasteiger partial charge on any atom is 0.0601 e. The van der Waals surface area contributed by atoms with Crippen LogP contribution in [0.25, 0.3) is 0 Å². The molecule has 0 aliphatic heterocycles. The zero-order chi connectivity index (χ0) is 10.3. The van der Waals surface area contributed by atoms with E-state index in [1.807, 2.05) is 6.92 Å². The van der Waals surface area contributed by atoms with Crippen molar-refractivity contribution in [2.75, 3.05) is 19.7 Å². The Morgan fingerprint density at radius 3 is 1.92 bits per heavy atom. The van der Waals surface area contributed by atoms with Gasteiger partial charge < -0.3 is 10.8 Å². The first-order chi connectivity index (χ1) is 6.17. The molecule has 13 heavy (non-hydrogen) atoms. The lowest BCUT2D eigenvalue weighted by molar-refractivity contribution is 0.108. The van der Waals surface area contributed by atoms with E-state index in [0.717, 1.165) is 25.9 Å². The molecule has 3 heteroatoms. The van der Waals surface area contributed by atoms with E-state index in [2.05, 4.69) is 18.7 Å². The Kier molecular flexibility index (Phi) is 7.23. The lowest BCUT2D eigenvalue weighted by Gasteiger charge is -2.32. The third-order valence-electron chi connectivity index (χ3n) is 2.28. The van der Waals surface area contributed by atoms with Gasteiger partial charge in [-0.15, -0.1) is 0 Å². The van der Waals surface area contributed by atoms with Crippen LogP contribution in [0.2, 0.25) is 0 Å². The summed E-state index contributed by atoms with van der Waals surface area (Å²) in [6.07, 6.45) is 2.23. The lowest BCUT2D eigenvalue weighted by Crippen LogP contribution is -2.49. The molecule has 0 aliphatic carbocycles. The van der Waals surface area contributed by atoms with E-state index in [-0.39, 0.29) is 18.7 Å². The molecule has 0 fully saturated rings. The summed E-state index contributed by atoms with van der Waals surface area (Å²) < 4.78 is 0. The van der Waals surface area contributed by atoms with Gasteiger partial charge >= 0.3 is 0 Å². The van der Waals surface area contributed by atoms with Crippen LogP contribution in [-0.2, 0) is 0 Å². The standard InChI is InChI=1S/C10H24N2O/c1-4-6-12(7-5-2)10(8-13)9(3)11/h9-10,13H,4-8,11H2,1-3H3. The van der Waals surface area contributed by atoms with Gasteiger partial charge in [-0.2, -0.15) is 0 Å². The number of hydrogen-bond acceptors (Lipinski definition) is 3. The predicted octanol–water partition coefficient (Wildman–Crippen LogP) is 0.817. The Morgan fingerprint density at radius 1 is 1.23 bits per heavy atom. The zero-order valence-corrected chi connectivity index (χ0v) is 9.16. The second-order valence-corrected chi connectivity index (χ2v) is 3.65. The number of hydrogen-bond donors (Lipinski definition) is 2. The minimum absolute atomic E-state index is 0.0445. The van der Waals surface area contributed by atoms with Crippen LogP contribution in [-0.4, -0.2) is 41.8 Å². The van der Waals surface area contributed by atoms with E-state index in [4.69, 9.17) is 5.73 Å². The normalized spacial score (nSPS) is 16.2. The van der Waals surface area contributed by atoms with Gasteiger partial charge in [0.25, 0.3) is 0 Å². The molecule has 0 aromatic heterocycles. The molecular formula is C10H24N2O. The first kappa shape index (κ1) is 12.9. The van der Waals surface area contributed by atoms with E-state index in [9.17, 15) is 5.11 Å². The molecule has 2 atom stereocenters. The van der Waals surface area contributed by atoms with E-state index in [0.29, 0.717) is 0 Å². The minimum atomic E-state index is 0.0445. The Morgan fingerprint density at radius 2 is 1.69 bits per heavy atom. The SMILES string of the molecule is CCCN(CCC)C(CO)C(C)N. The van der Waals surface area contributed by atoms with E-state index in [1.165, 1.54) is 0 Å². The van der Waals surface area contributed by atoms with Gasteiger partial charge in [0.1, 0.15) is 0 Å². The Hall–Kier alpha value is -0.120. The highest BCUT2D eigenvalue weighted by atomic mass is 16.3. The molecule has 0 rings (SSSR count). The number of aliphatic hydroxyl groups excluding tert-OH is 1. The van der Waals surface area contributed by atoms with Crippen LogP contribution < -0.4 is 5.73 Å². The second-order valence-electron chi connectivity index (χ2n) is 3.65. The molecule has 0 saturated heterocycles. The van der Waals surface area contributed by atoms with Crippen molar-refractivity contribution in [1.29, 1.82) is 0 Å². The fourth-order valence-electron chi connectivity index (χ4n) is 1.63. The highest BCUT2D eigenvalue weighted by Crippen LogP contribution is 2.05. The third kappa shape index (κ3) is 4.60. The summed E-state index contributed by atoms with van der Waals surface area (Å²) in [5, 5.41) is 9.20. The molecule has 0 radical (unpaired) electrons. The highest BCUT2D eigenvalue weighted by Gasteiger charge is 2.19. The number of rotatable bonds is 7. The van der Waals surface area contributed by atoms with Crippen molar-refractivity contribution in [3.05, 3.63) is 0 Å². The quantitative estimate of drug-likeness (QED) is 0.622. The molecule has 0 aromatic carbocycles. The van der Waals surface area contributed by atoms with E-state index < -0.39 is 0 Å². The molecule has 0 aromatic rings. The summed E-state index contributed by atoms with van der Waals surface area (Å²) in [5.74, 6) is 0. The van der Waals surface area contributed by atoms with Crippen LogP contribution in [0.15, 0.2) is 0 Å². The fourth-order valence-corrected chi connectivity index (χ4v) is 1.63. The Balaban J connectivity index is 4.11. The van der Waals surface area contributed by atoms with Crippen molar-refractivity contribution in [2.24, 2.45) is 5.73 Å². The molecule has 3 N–H and O–H groups in total.